The number of rotatable bonds is 8. The van der Waals surface area contributed by atoms with Crippen molar-refractivity contribution in [3.63, 3.8) is 0 Å². The summed E-state index contributed by atoms with van der Waals surface area (Å²) in [7, 11) is 1.65. The summed E-state index contributed by atoms with van der Waals surface area (Å²) in [5.74, 6) is 1.22. The van der Waals surface area contributed by atoms with E-state index < -0.39 is 5.97 Å². The van der Waals surface area contributed by atoms with Gasteiger partial charge in [-0.25, -0.2) is 4.79 Å². The normalized spacial score (nSPS) is 13.8. The minimum Gasteiger partial charge on any atom is -0.507 e. The van der Waals surface area contributed by atoms with Gasteiger partial charge >= 0.3 is 5.97 Å². The molecule has 1 fully saturated rings. The van der Waals surface area contributed by atoms with Crippen LogP contribution >= 0.6 is 0 Å². The number of carbonyl (C=O) groups is 1. The maximum Gasteiger partial charge on any atom is 0.338 e. The van der Waals surface area contributed by atoms with Gasteiger partial charge in [0.1, 0.15) is 28.6 Å². The summed E-state index contributed by atoms with van der Waals surface area (Å²) in [6.07, 6.45) is 0. The van der Waals surface area contributed by atoms with E-state index in [9.17, 15) is 14.7 Å². The van der Waals surface area contributed by atoms with Crippen molar-refractivity contribution in [1.29, 1.82) is 0 Å². The van der Waals surface area contributed by atoms with Gasteiger partial charge < -0.3 is 28.6 Å². The number of benzene rings is 3. The number of fused-ring (bicyclic) bond motifs is 1. The van der Waals surface area contributed by atoms with E-state index in [1.54, 1.807) is 51.3 Å². The molecule has 0 spiro atoms. The van der Waals surface area contributed by atoms with Gasteiger partial charge in [0.05, 0.1) is 30.2 Å². The second kappa shape index (κ2) is 11.7. The fourth-order valence-electron chi connectivity index (χ4n) is 4.84. The molecule has 1 N–H and O–H groups in total. The highest BCUT2D eigenvalue weighted by molar-refractivity contribution is 5.89. The Kier molecular flexibility index (Phi) is 7.93. The summed E-state index contributed by atoms with van der Waals surface area (Å²) in [5, 5.41) is 11.1. The average molecular weight is 545 g/mol. The van der Waals surface area contributed by atoms with Crippen molar-refractivity contribution in [1.82, 2.24) is 4.90 Å². The predicted octanol–water partition coefficient (Wildman–Crippen LogP) is 5.11. The maximum atomic E-state index is 13.4. The van der Waals surface area contributed by atoms with Gasteiger partial charge in [0.25, 0.3) is 0 Å². The number of nitrogens with zero attached hydrogens (tertiary/aromatic N) is 2. The topological polar surface area (TPSA) is 102 Å². The van der Waals surface area contributed by atoms with Gasteiger partial charge in [-0.2, -0.15) is 0 Å². The third-order valence-corrected chi connectivity index (χ3v) is 7.04. The highest BCUT2D eigenvalue weighted by Crippen LogP contribution is 2.32. The lowest BCUT2D eigenvalue weighted by Crippen LogP contribution is -2.46. The summed E-state index contributed by atoms with van der Waals surface area (Å²) in [5.41, 5.74) is 2.12. The molecule has 0 amide bonds. The number of phenols is 1. The fourth-order valence-corrected chi connectivity index (χ4v) is 4.84. The number of anilines is 1. The Bertz CT molecular complexity index is 1550. The molecule has 1 aromatic heterocycles. The molecule has 0 aliphatic carbocycles. The quantitative estimate of drug-likeness (QED) is 0.303. The third kappa shape index (κ3) is 5.60. The zero-order chi connectivity index (χ0) is 28.2. The molecule has 0 bridgehead atoms. The van der Waals surface area contributed by atoms with Crippen molar-refractivity contribution in [2.24, 2.45) is 0 Å². The standard InChI is InChI=1S/C31H32N2O7/c1-4-38-31(36)21-5-9-24(10-6-21)40-29-20(2)39-30-25(28(29)35)13-14-27(34)26(30)19-32-15-17-33(18-16-32)22-7-11-23(37-3)12-8-22/h5-14,34H,4,15-19H2,1-3H3. The molecule has 208 valence electrons. The van der Waals surface area contributed by atoms with Crippen LogP contribution in [0.1, 0.15) is 28.6 Å². The molecule has 1 saturated heterocycles. The molecule has 9 nitrogen and oxygen atoms in total. The van der Waals surface area contributed by atoms with E-state index >= 15 is 0 Å². The molecule has 3 aromatic carbocycles. The van der Waals surface area contributed by atoms with E-state index in [1.807, 2.05) is 12.1 Å². The number of esters is 1. The van der Waals surface area contributed by atoms with Crippen LogP contribution < -0.4 is 19.8 Å². The van der Waals surface area contributed by atoms with Crippen LogP contribution in [0.2, 0.25) is 0 Å². The molecule has 0 radical (unpaired) electrons. The summed E-state index contributed by atoms with van der Waals surface area (Å²) in [6.45, 7) is 7.35. The number of carbonyl (C=O) groups excluding carboxylic acids is 1. The van der Waals surface area contributed by atoms with E-state index in [-0.39, 0.29) is 23.5 Å². The zero-order valence-corrected chi connectivity index (χ0v) is 22.8. The number of hydrogen-bond acceptors (Lipinski definition) is 9. The number of ether oxygens (including phenoxy) is 3. The first kappa shape index (κ1) is 27.1. The molecule has 0 unspecified atom stereocenters. The molecule has 5 rings (SSSR count). The Hall–Kier alpha value is -4.50. The summed E-state index contributed by atoms with van der Waals surface area (Å²) in [4.78, 5) is 29.9. The van der Waals surface area contributed by atoms with Crippen LogP contribution in [0, 0.1) is 6.92 Å². The van der Waals surface area contributed by atoms with E-state index in [0.717, 1.165) is 37.6 Å². The average Bonchev–Trinajstić information content (AvgIpc) is 2.97. The number of methoxy groups -OCH3 is 1. The molecular weight excluding hydrogens is 512 g/mol. The predicted molar refractivity (Wildman–Crippen MR) is 152 cm³/mol. The SMILES string of the molecule is CCOC(=O)c1ccc(Oc2c(C)oc3c(CN4CCN(c5ccc(OC)cc5)CC4)c(O)ccc3c2=O)cc1. The highest BCUT2D eigenvalue weighted by atomic mass is 16.5. The van der Waals surface area contributed by atoms with Crippen molar-refractivity contribution < 1.29 is 28.5 Å². The number of aromatic hydroxyl groups is 1. The van der Waals surface area contributed by atoms with Crippen molar-refractivity contribution in [3.05, 3.63) is 87.8 Å². The monoisotopic (exact) mass is 544 g/mol. The Morgan fingerprint density at radius 1 is 0.950 bits per heavy atom. The number of hydrogen-bond donors (Lipinski definition) is 1. The van der Waals surface area contributed by atoms with Crippen LogP contribution in [-0.4, -0.2) is 55.9 Å². The van der Waals surface area contributed by atoms with Gasteiger partial charge in [-0.05, 0) is 74.5 Å². The van der Waals surface area contributed by atoms with Crippen molar-refractivity contribution in [2.75, 3.05) is 44.8 Å². The molecule has 2 heterocycles. The van der Waals surface area contributed by atoms with Gasteiger partial charge in [-0.1, -0.05) is 0 Å². The number of piperazine rings is 1. The van der Waals surface area contributed by atoms with Crippen LogP contribution in [0.15, 0.2) is 69.9 Å². The summed E-state index contributed by atoms with van der Waals surface area (Å²) in [6, 6.07) is 17.5. The summed E-state index contributed by atoms with van der Waals surface area (Å²) < 4.78 is 22.2. The molecule has 9 heteroatoms. The first-order chi connectivity index (χ1) is 19.4. The Labute approximate surface area is 232 Å². The molecule has 1 aliphatic rings. The number of aryl methyl sites for hydroxylation is 1. The third-order valence-electron chi connectivity index (χ3n) is 7.04. The first-order valence-electron chi connectivity index (χ1n) is 13.2. The highest BCUT2D eigenvalue weighted by Gasteiger charge is 2.23. The Balaban J connectivity index is 1.33. The minimum absolute atomic E-state index is 0.0566. The first-order valence-corrected chi connectivity index (χ1v) is 13.2. The summed E-state index contributed by atoms with van der Waals surface area (Å²) >= 11 is 0. The van der Waals surface area contributed by atoms with Crippen molar-refractivity contribution >= 4 is 22.6 Å². The fraction of sp³-hybridized carbons (Fsp3) is 0.290. The molecule has 4 aromatic rings. The van der Waals surface area contributed by atoms with E-state index in [4.69, 9.17) is 18.6 Å². The lowest BCUT2D eigenvalue weighted by molar-refractivity contribution is 0.0526. The van der Waals surface area contributed by atoms with Crippen LogP contribution in [0.4, 0.5) is 5.69 Å². The Morgan fingerprint density at radius 3 is 2.27 bits per heavy atom. The molecule has 0 atom stereocenters. The second-order valence-electron chi connectivity index (χ2n) is 9.56. The van der Waals surface area contributed by atoms with Gasteiger partial charge in [0, 0.05) is 38.4 Å². The Morgan fingerprint density at radius 2 is 1.62 bits per heavy atom. The van der Waals surface area contributed by atoms with Gasteiger partial charge in [0.15, 0.2) is 0 Å². The smallest absolute Gasteiger partial charge is 0.338 e. The van der Waals surface area contributed by atoms with Crippen molar-refractivity contribution in [3.8, 4) is 23.0 Å². The lowest BCUT2D eigenvalue weighted by Gasteiger charge is -2.36. The van der Waals surface area contributed by atoms with Crippen LogP contribution in [0.3, 0.4) is 0 Å². The van der Waals surface area contributed by atoms with Crippen molar-refractivity contribution in [2.45, 2.75) is 20.4 Å². The molecular formula is C31H32N2O7. The minimum atomic E-state index is -0.426. The van der Waals surface area contributed by atoms with E-state index in [1.165, 1.54) is 6.07 Å². The van der Waals surface area contributed by atoms with Gasteiger partial charge in [-0.3, -0.25) is 9.69 Å². The largest absolute Gasteiger partial charge is 0.507 e. The number of phenolic OH excluding ortho intramolecular Hbond substituents is 1. The molecule has 40 heavy (non-hydrogen) atoms. The van der Waals surface area contributed by atoms with E-state index in [0.29, 0.717) is 40.2 Å². The lowest BCUT2D eigenvalue weighted by atomic mass is 10.1. The molecule has 0 saturated carbocycles. The maximum absolute atomic E-state index is 13.4. The van der Waals surface area contributed by atoms with Crippen LogP contribution in [0.25, 0.3) is 11.0 Å². The molecule has 1 aliphatic heterocycles. The van der Waals surface area contributed by atoms with E-state index in [2.05, 4.69) is 21.9 Å². The van der Waals surface area contributed by atoms with Crippen LogP contribution in [-0.2, 0) is 11.3 Å². The van der Waals surface area contributed by atoms with Crippen LogP contribution in [0.5, 0.6) is 23.0 Å². The second-order valence-corrected chi connectivity index (χ2v) is 9.56. The zero-order valence-electron chi connectivity index (χ0n) is 22.8. The van der Waals surface area contributed by atoms with Gasteiger partial charge in [-0.15, -0.1) is 0 Å². The van der Waals surface area contributed by atoms with Gasteiger partial charge in [0.2, 0.25) is 11.2 Å².